The molecule has 104 valence electrons. The fourth-order valence-corrected chi connectivity index (χ4v) is 2.55. The lowest BCUT2D eigenvalue weighted by Crippen LogP contribution is -2.39. The molecule has 2 heterocycles. The Morgan fingerprint density at radius 3 is 2.79 bits per heavy atom. The molecule has 0 bridgehead atoms. The standard InChI is InChI=1S/C14H22N4O/c1-3-14(2)5-8-18(9-6-14)12-10-16-7-4-11(12)13(15)17-19/h4,7,10,19H,3,5-6,8-9H2,1-2H3,(H2,15,17). The van der Waals surface area contributed by atoms with E-state index < -0.39 is 0 Å². The molecule has 1 aromatic rings. The number of piperidine rings is 1. The van der Waals surface area contributed by atoms with Crippen LogP contribution in [-0.2, 0) is 0 Å². The van der Waals surface area contributed by atoms with Crippen LogP contribution < -0.4 is 10.6 Å². The molecular weight excluding hydrogens is 240 g/mol. The minimum atomic E-state index is 0.140. The second-order valence-corrected chi connectivity index (χ2v) is 5.53. The second kappa shape index (κ2) is 5.47. The van der Waals surface area contributed by atoms with E-state index in [1.165, 1.54) is 6.42 Å². The molecule has 1 aliphatic rings. The predicted molar refractivity (Wildman–Crippen MR) is 76.6 cm³/mol. The van der Waals surface area contributed by atoms with Gasteiger partial charge in [-0.1, -0.05) is 25.4 Å². The van der Waals surface area contributed by atoms with Crippen LogP contribution in [0.2, 0.25) is 0 Å². The van der Waals surface area contributed by atoms with Crippen LogP contribution in [0.3, 0.4) is 0 Å². The molecule has 5 nitrogen and oxygen atoms in total. The van der Waals surface area contributed by atoms with Gasteiger partial charge in [0.1, 0.15) is 0 Å². The molecule has 3 N–H and O–H groups in total. The number of hydrogen-bond donors (Lipinski definition) is 2. The lowest BCUT2D eigenvalue weighted by atomic mass is 9.78. The summed E-state index contributed by atoms with van der Waals surface area (Å²) in [7, 11) is 0. The highest BCUT2D eigenvalue weighted by molar-refractivity contribution is 6.02. The van der Waals surface area contributed by atoms with Crippen molar-refractivity contribution in [3.8, 4) is 0 Å². The largest absolute Gasteiger partial charge is 0.409 e. The van der Waals surface area contributed by atoms with Crippen LogP contribution >= 0.6 is 0 Å². The van der Waals surface area contributed by atoms with Crippen molar-refractivity contribution in [1.29, 1.82) is 0 Å². The van der Waals surface area contributed by atoms with Gasteiger partial charge in [0, 0.05) is 24.8 Å². The van der Waals surface area contributed by atoms with Gasteiger partial charge >= 0.3 is 0 Å². The van der Waals surface area contributed by atoms with Gasteiger partial charge in [0.15, 0.2) is 5.84 Å². The molecule has 1 saturated heterocycles. The lowest BCUT2D eigenvalue weighted by Gasteiger charge is -2.40. The Bertz CT molecular complexity index is 464. The van der Waals surface area contributed by atoms with E-state index in [2.05, 4.69) is 28.9 Å². The van der Waals surface area contributed by atoms with E-state index in [0.29, 0.717) is 5.41 Å². The van der Waals surface area contributed by atoms with Gasteiger partial charge in [-0.05, 0) is 24.3 Å². The van der Waals surface area contributed by atoms with Crippen LogP contribution in [0, 0.1) is 5.41 Å². The van der Waals surface area contributed by atoms with Crippen molar-refractivity contribution in [2.45, 2.75) is 33.1 Å². The van der Waals surface area contributed by atoms with Crippen LogP contribution in [-0.4, -0.2) is 29.1 Å². The fraction of sp³-hybridized carbons (Fsp3) is 0.571. The van der Waals surface area contributed by atoms with Crippen LogP contribution in [0.25, 0.3) is 0 Å². The van der Waals surface area contributed by atoms with Crippen molar-refractivity contribution in [3.63, 3.8) is 0 Å². The smallest absolute Gasteiger partial charge is 0.172 e. The minimum Gasteiger partial charge on any atom is -0.409 e. The summed E-state index contributed by atoms with van der Waals surface area (Å²) >= 11 is 0. The Morgan fingerprint density at radius 2 is 2.21 bits per heavy atom. The molecule has 0 aromatic carbocycles. The molecule has 0 amide bonds. The maximum absolute atomic E-state index is 8.86. The first-order valence-electron chi connectivity index (χ1n) is 6.76. The first-order valence-corrected chi connectivity index (χ1v) is 6.76. The van der Waals surface area contributed by atoms with E-state index in [1.54, 1.807) is 18.5 Å². The minimum absolute atomic E-state index is 0.140. The molecule has 0 radical (unpaired) electrons. The van der Waals surface area contributed by atoms with Gasteiger partial charge in [0.25, 0.3) is 0 Å². The molecule has 2 rings (SSSR count). The zero-order valence-corrected chi connectivity index (χ0v) is 11.6. The Morgan fingerprint density at radius 1 is 1.53 bits per heavy atom. The third kappa shape index (κ3) is 2.80. The van der Waals surface area contributed by atoms with Gasteiger partial charge < -0.3 is 15.8 Å². The van der Waals surface area contributed by atoms with Crippen molar-refractivity contribution in [3.05, 3.63) is 24.0 Å². The van der Waals surface area contributed by atoms with Crippen LogP contribution in [0.1, 0.15) is 38.7 Å². The molecule has 19 heavy (non-hydrogen) atoms. The first-order chi connectivity index (χ1) is 9.09. The van der Waals surface area contributed by atoms with Crippen molar-refractivity contribution in [1.82, 2.24) is 4.98 Å². The van der Waals surface area contributed by atoms with Gasteiger partial charge in [0.2, 0.25) is 0 Å². The molecule has 5 heteroatoms. The lowest BCUT2D eigenvalue weighted by molar-refractivity contribution is 0.238. The summed E-state index contributed by atoms with van der Waals surface area (Å²) in [6, 6.07) is 1.79. The number of nitrogens with two attached hydrogens (primary N) is 1. The molecule has 0 saturated carbocycles. The number of pyridine rings is 1. The monoisotopic (exact) mass is 262 g/mol. The van der Waals surface area contributed by atoms with E-state index >= 15 is 0 Å². The number of rotatable bonds is 3. The van der Waals surface area contributed by atoms with E-state index in [0.717, 1.165) is 37.2 Å². The summed E-state index contributed by atoms with van der Waals surface area (Å²) in [5.41, 5.74) is 7.87. The van der Waals surface area contributed by atoms with Crippen molar-refractivity contribution < 1.29 is 5.21 Å². The van der Waals surface area contributed by atoms with Crippen molar-refractivity contribution in [2.75, 3.05) is 18.0 Å². The summed E-state index contributed by atoms with van der Waals surface area (Å²) in [6.45, 7) is 6.57. The Labute approximate surface area is 114 Å². The normalized spacial score (nSPS) is 19.5. The molecule has 1 aliphatic heterocycles. The number of anilines is 1. The molecule has 0 spiro atoms. The van der Waals surface area contributed by atoms with E-state index in [9.17, 15) is 0 Å². The zero-order chi connectivity index (χ0) is 13.9. The number of hydrogen-bond acceptors (Lipinski definition) is 4. The number of aromatic nitrogens is 1. The second-order valence-electron chi connectivity index (χ2n) is 5.53. The third-order valence-electron chi connectivity index (χ3n) is 4.35. The highest BCUT2D eigenvalue weighted by Crippen LogP contribution is 2.36. The van der Waals surface area contributed by atoms with Gasteiger partial charge in [-0.2, -0.15) is 0 Å². The average molecular weight is 262 g/mol. The highest BCUT2D eigenvalue weighted by atomic mass is 16.4. The number of nitrogens with zero attached hydrogens (tertiary/aromatic N) is 3. The molecule has 1 aromatic heterocycles. The molecule has 0 atom stereocenters. The predicted octanol–water partition coefficient (Wildman–Crippen LogP) is 2.19. The van der Waals surface area contributed by atoms with Gasteiger partial charge in [-0.15, -0.1) is 0 Å². The van der Waals surface area contributed by atoms with Crippen LogP contribution in [0.5, 0.6) is 0 Å². The van der Waals surface area contributed by atoms with Gasteiger partial charge in [0.05, 0.1) is 11.9 Å². The summed E-state index contributed by atoms with van der Waals surface area (Å²) < 4.78 is 0. The Hall–Kier alpha value is -1.78. The van der Waals surface area contributed by atoms with E-state index in [1.807, 2.05) is 0 Å². The highest BCUT2D eigenvalue weighted by Gasteiger charge is 2.29. The summed E-state index contributed by atoms with van der Waals surface area (Å²) in [5.74, 6) is 0.140. The van der Waals surface area contributed by atoms with Crippen LogP contribution in [0.4, 0.5) is 5.69 Å². The third-order valence-corrected chi connectivity index (χ3v) is 4.35. The Kier molecular flexibility index (Phi) is 3.93. The molecule has 1 fully saturated rings. The van der Waals surface area contributed by atoms with E-state index in [4.69, 9.17) is 10.9 Å². The topological polar surface area (TPSA) is 74.7 Å². The van der Waals surface area contributed by atoms with Crippen molar-refractivity contribution in [2.24, 2.45) is 16.3 Å². The summed E-state index contributed by atoms with van der Waals surface area (Å²) in [6.07, 6.45) is 6.99. The maximum Gasteiger partial charge on any atom is 0.172 e. The summed E-state index contributed by atoms with van der Waals surface area (Å²) in [5, 5.41) is 12.0. The average Bonchev–Trinajstić information content (AvgIpc) is 2.47. The SMILES string of the molecule is CCC1(C)CCN(c2cnccc2/C(N)=N/O)CC1. The maximum atomic E-state index is 8.86. The van der Waals surface area contributed by atoms with Gasteiger partial charge in [-0.25, -0.2) is 0 Å². The quantitative estimate of drug-likeness (QED) is 0.379. The first kappa shape index (κ1) is 13.6. The Balaban J connectivity index is 2.20. The van der Waals surface area contributed by atoms with Gasteiger partial charge in [-0.3, -0.25) is 4.98 Å². The molecule has 0 unspecified atom stereocenters. The fourth-order valence-electron chi connectivity index (χ4n) is 2.55. The summed E-state index contributed by atoms with van der Waals surface area (Å²) in [4.78, 5) is 6.44. The zero-order valence-electron chi connectivity index (χ0n) is 11.6. The molecular formula is C14H22N4O. The van der Waals surface area contributed by atoms with Crippen molar-refractivity contribution >= 4 is 11.5 Å². The number of oxime groups is 1. The number of amidine groups is 1. The molecule has 0 aliphatic carbocycles. The van der Waals surface area contributed by atoms with E-state index in [-0.39, 0.29) is 5.84 Å². The van der Waals surface area contributed by atoms with Crippen LogP contribution in [0.15, 0.2) is 23.6 Å².